The van der Waals surface area contributed by atoms with Crippen molar-refractivity contribution in [2.75, 3.05) is 40.3 Å². The molecule has 2 heteroatoms. The van der Waals surface area contributed by atoms with Gasteiger partial charge in [-0.1, -0.05) is 0 Å². The predicted octanol–water partition coefficient (Wildman–Crippen LogP) is 2.06. The molecule has 2 aliphatic rings. The van der Waals surface area contributed by atoms with Crippen LogP contribution in [0.25, 0.3) is 0 Å². The van der Waals surface area contributed by atoms with Crippen LogP contribution in [0.4, 0.5) is 0 Å². The molecule has 1 unspecified atom stereocenters. The summed E-state index contributed by atoms with van der Waals surface area (Å²) >= 11 is 0. The second kappa shape index (κ2) is 5.31. The maximum absolute atomic E-state index is 2.51. The summed E-state index contributed by atoms with van der Waals surface area (Å²) in [5.41, 5.74) is 0. The second-order valence-corrected chi connectivity index (χ2v) is 5.63. The van der Waals surface area contributed by atoms with Crippen molar-refractivity contribution >= 4 is 0 Å². The Hall–Kier alpha value is -0.0800. The van der Waals surface area contributed by atoms with Crippen LogP contribution < -0.4 is 0 Å². The van der Waals surface area contributed by atoms with Crippen molar-refractivity contribution < 1.29 is 0 Å². The van der Waals surface area contributed by atoms with Crippen molar-refractivity contribution in [3.63, 3.8) is 0 Å². The Morgan fingerprint density at radius 2 is 1.13 bits per heavy atom. The average molecular weight is 210 g/mol. The van der Waals surface area contributed by atoms with Crippen LogP contribution in [-0.4, -0.2) is 50.1 Å². The third-order valence-corrected chi connectivity index (χ3v) is 4.43. The zero-order valence-corrected chi connectivity index (χ0v) is 10.4. The first-order valence-corrected chi connectivity index (χ1v) is 6.63. The van der Waals surface area contributed by atoms with E-state index in [9.17, 15) is 0 Å². The highest BCUT2D eigenvalue weighted by molar-refractivity contribution is 4.79. The Labute approximate surface area is 94.6 Å². The summed E-state index contributed by atoms with van der Waals surface area (Å²) in [5, 5.41) is 0. The molecule has 2 fully saturated rings. The van der Waals surface area contributed by atoms with Crippen LogP contribution in [0.1, 0.15) is 32.1 Å². The molecule has 2 heterocycles. The van der Waals surface area contributed by atoms with E-state index in [1.54, 1.807) is 0 Å². The van der Waals surface area contributed by atoms with Gasteiger partial charge in [-0.3, -0.25) is 0 Å². The number of hydrogen-bond donors (Lipinski definition) is 0. The van der Waals surface area contributed by atoms with E-state index in [-0.39, 0.29) is 0 Å². The van der Waals surface area contributed by atoms with E-state index in [0.29, 0.717) is 0 Å². The molecule has 2 aliphatic heterocycles. The van der Waals surface area contributed by atoms with Crippen molar-refractivity contribution in [3.05, 3.63) is 0 Å². The van der Waals surface area contributed by atoms with Crippen LogP contribution in [-0.2, 0) is 0 Å². The zero-order valence-electron chi connectivity index (χ0n) is 10.4. The Balaban J connectivity index is 1.82. The fourth-order valence-electron chi connectivity index (χ4n) is 3.24. The van der Waals surface area contributed by atoms with Gasteiger partial charge < -0.3 is 9.80 Å². The van der Waals surface area contributed by atoms with Crippen LogP contribution in [0, 0.1) is 11.8 Å². The minimum atomic E-state index is 1.03. The molecule has 1 atom stereocenters. The summed E-state index contributed by atoms with van der Waals surface area (Å²) in [5.74, 6) is 2.07. The van der Waals surface area contributed by atoms with E-state index in [1.807, 2.05) is 0 Å². The van der Waals surface area contributed by atoms with Crippen molar-refractivity contribution in [2.24, 2.45) is 11.8 Å². The Kier molecular flexibility index (Phi) is 4.04. The molecule has 0 bridgehead atoms. The van der Waals surface area contributed by atoms with E-state index in [4.69, 9.17) is 0 Å². The minimum Gasteiger partial charge on any atom is -0.306 e. The van der Waals surface area contributed by atoms with E-state index in [2.05, 4.69) is 23.9 Å². The molecular formula is C13H26N2. The van der Waals surface area contributed by atoms with E-state index >= 15 is 0 Å². The predicted molar refractivity (Wildman–Crippen MR) is 65.1 cm³/mol. The summed E-state index contributed by atoms with van der Waals surface area (Å²) in [4.78, 5) is 4.99. The summed E-state index contributed by atoms with van der Waals surface area (Å²) in [7, 11) is 4.54. The fraction of sp³-hybridized carbons (Fsp3) is 1.00. The molecule has 0 aromatic heterocycles. The molecule has 2 nitrogen and oxygen atoms in total. The number of nitrogens with zero attached hydrogens (tertiary/aromatic N) is 2. The summed E-state index contributed by atoms with van der Waals surface area (Å²) < 4.78 is 0. The summed E-state index contributed by atoms with van der Waals surface area (Å²) in [6, 6.07) is 0. The molecule has 0 N–H and O–H groups in total. The molecule has 0 radical (unpaired) electrons. The third-order valence-electron chi connectivity index (χ3n) is 4.43. The maximum atomic E-state index is 2.51. The molecule has 0 aromatic rings. The Morgan fingerprint density at radius 3 is 1.73 bits per heavy atom. The number of hydrogen-bond acceptors (Lipinski definition) is 2. The smallest absolute Gasteiger partial charge is 0.00190 e. The van der Waals surface area contributed by atoms with Crippen molar-refractivity contribution in [1.29, 1.82) is 0 Å². The molecule has 0 spiro atoms. The molecule has 0 amide bonds. The lowest BCUT2D eigenvalue weighted by Gasteiger charge is -2.34. The third kappa shape index (κ3) is 3.18. The van der Waals surface area contributed by atoms with Gasteiger partial charge in [0.2, 0.25) is 0 Å². The first kappa shape index (κ1) is 11.4. The summed E-state index contributed by atoms with van der Waals surface area (Å²) in [6.07, 6.45) is 7.26. The molecule has 2 saturated heterocycles. The highest BCUT2D eigenvalue weighted by Gasteiger charge is 2.26. The van der Waals surface area contributed by atoms with Gasteiger partial charge >= 0.3 is 0 Å². The van der Waals surface area contributed by atoms with Gasteiger partial charge in [0.1, 0.15) is 0 Å². The first-order chi connectivity index (χ1) is 7.25. The Morgan fingerprint density at radius 1 is 0.667 bits per heavy atom. The van der Waals surface area contributed by atoms with Crippen LogP contribution in [0.15, 0.2) is 0 Å². The topological polar surface area (TPSA) is 6.48 Å². The second-order valence-electron chi connectivity index (χ2n) is 5.63. The molecule has 0 saturated carbocycles. The first-order valence-electron chi connectivity index (χ1n) is 6.63. The van der Waals surface area contributed by atoms with Gasteiger partial charge in [0.15, 0.2) is 0 Å². The van der Waals surface area contributed by atoms with Crippen LogP contribution in [0.3, 0.4) is 0 Å². The standard InChI is InChI=1S/C13H26N2/c1-14-8-3-4-12(5-9-14)13-6-10-15(2)11-7-13/h12-13H,3-11H2,1-2H3. The largest absolute Gasteiger partial charge is 0.306 e. The normalized spacial score (nSPS) is 32.8. The molecule has 15 heavy (non-hydrogen) atoms. The fourth-order valence-corrected chi connectivity index (χ4v) is 3.24. The number of rotatable bonds is 1. The Bertz CT molecular complexity index is 185. The van der Waals surface area contributed by atoms with Gasteiger partial charge in [-0.25, -0.2) is 0 Å². The minimum absolute atomic E-state index is 1.03. The van der Waals surface area contributed by atoms with Gasteiger partial charge in [0.25, 0.3) is 0 Å². The van der Waals surface area contributed by atoms with Gasteiger partial charge in [0.05, 0.1) is 0 Å². The van der Waals surface area contributed by atoms with Gasteiger partial charge in [-0.15, -0.1) is 0 Å². The summed E-state index contributed by atoms with van der Waals surface area (Å²) in [6.45, 7) is 5.31. The quantitative estimate of drug-likeness (QED) is 0.653. The van der Waals surface area contributed by atoms with Gasteiger partial charge in [-0.2, -0.15) is 0 Å². The lowest BCUT2D eigenvalue weighted by atomic mass is 9.80. The molecule has 0 aliphatic carbocycles. The monoisotopic (exact) mass is 210 g/mol. The lowest BCUT2D eigenvalue weighted by Crippen LogP contribution is -2.33. The van der Waals surface area contributed by atoms with Gasteiger partial charge in [0, 0.05) is 0 Å². The maximum Gasteiger partial charge on any atom is -0.00190 e. The lowest BCUT2D eigenvalue weighted by molar-refractivity contribution is 0.160. The van der Waals surface area contributed by atoms with E-state index in [0.717, 1.165) is 11.8 Å². The average Bonchev–Trinajstić information content (AvgIpc) is 2.44. The molecule has 2 rings (SSSR count). The number of likely N-dealkylation sites (tertiary alicyclic amines) is 2. The molecule has 0 aromatic carbocycles. The van der Waals surface area contributed by atoms with Crippen molar-refractivity contribution in [3.8, 4) is 0 Å². The molecular weight excluding hydrogens is 184 g/mol. The zero-order chi connectivity index (χ0) is 10.7. The van der Waals surface area contributed by atoms with E-state index < -0.39 is 0 Å². The highest BCUT2D eigenvalue weighted by atomic mass is 15.1. The van der Waals surface area contributed by atoms with Crippen LogP contribution in [0.5, 0.6) is 0 Å². The molecule has 88 valence electrons. The van der Waals surface area contributed by atoms with Crippen LogP contribution in [0.2, 0.25) is 0 Å². The SMILES string of the molecule is CN1CCCC(C2CCN(C)CC2)CC1. The van der Waals surface area contributed by atoms with Crippen molar-refractivity contribution in [1.82, 2.24) is 9.80 Å². The van der Waals surface area contributed by atoms with Gasteiger partial charge in [-0.05, 0) is 84.2 Å². The number of piperidine rings is 1. The van der Waals surface area contributed by atoms with Crippen LogP contribution >= 0.6 is 0 Å². The highest BCUT2D eigenvalue weighted by Crippen LogP contribution is 2.31. The van der Waals surface area contributed by atoms with Crippen molar-refractivity contribution in [2.45, 2.75) is 32.1 Å². The van der Waals surface area contributed by atoms with E-state index in [1.165, 1.54) is 58.3 Å².